The lowest BCUT2D eigenvalue weighted by Crippen LogP contribution is -2.06. The second kappa shape index (κ2) is 5.68. The van der Waals surface area contributed by atoms with Crippen molar-refractivity contribution in [2.45, 2.75) is 0 Å². The quantitative estimate of drug-likeness (QED) is 0.299. The van der Waals surface area contributed by atoms with Crippen LogP contribution in [0, 0.1) is 29.1 Å². The molecule has 0 saturated carbocycles. The van der Waals surface area contributed by atoms with Gasteiger partial charge in [-0.15, -0.1) is 0 Å². The molecule has 20 heavy (non-hydrogen) atoms. The van der Waals surface area contributed by atoms with Gasteiger partial charge in [0.1, 0.15) is 5.69 Å². The third-order valence-electron chi connectivity index (χ3n) is 2.40. The number of anilines is 1. The molecule has 0 aliphatic heterocycles. The predicted molar refractivity (Wildman–Crippen MR) is 63.9 cm³/mol. The molecule has 104 valence electrons. The molecule has 0 saturated heterocycles. The number of hydrogen-bond donors (Lipinski definition) is 1. The molecule has 0 spiro atoms. The normalized spacial score (nSPS) is 11.1. The molecule has 0 atom stereocenters. The summed E-state index contributed by atoms with van der Waals surface area (Å²) in [6.07, 6.45) is 1.18. The largest absolute Gasteiger partial charge is 0.272 e. The topological polar surface area (TPSA) is 24.4 Å². The Morgan fingerprint density at radius 2 is 1.25 bits per heavy atom. The van der Waals surface area contributed by atoms with Gasteiger partial charge in [-0.1, -0.05) is 30.3 Å². The van der Waals surface area contributed by atoms with E-state index in [1.165, 1.54) is 6.21 Å². The minimum atomic E-state index is -2.21. The monoisotopic (exact) mass is 286 g/mol. The number of benzene rings is 2. The maximum atomic E-state index is 13.3. The van der Waals surface area contributed by atoms with E-state index >= 15 is 0 Å². The first-order valence-electron chi connectivity index (χ1n) is 5.38. The molecule has 2 nitrogen and oxygen atoms in total. The molecule has 0 heterocycles. The van der Waals surface area contributed by atoms with Crippen molar-refractivity contribution in [1.82, 2.24) is 0 Å². The van der Waals surface area contributed by atoms with Crippen LogP contribution in [-0.4, -0.2) is 6.21 Å². The number of hydrazone groups is 1. The number of hydrogen-bond acceptors (Lipinski definition) is 2. The summed E-state index contributed by atoms with van der Waals surface area (Å²) in [5, 5.41) is 3.43. The molecule has 0 bridgehead atoms. The average Bonchev–Trinajstić information content (AvgIpc) is 2.48. The van der Waals surface area contributed by atoms with E-state index in [1.807, 2.05) is 5.43 Å². The lowest BCUT2D eigenvalue weighted by atomic mass is 10.2. The Morgan fingerprint density at radius 1 is 0.750 bits per heavy atom. The summed E-state index contributed by atoms with van der Waals surface area (Å²) >= 11 is 0. The van der Waals surface area contributed by atoms with E-state index < -0.39 is 34.8 Å². The third-order valence-corrected chi connectivity index (χ3v) is 2.40. The van der Waals surface area contributed by atoms with Gasteiger partial charge in [0.05, 0.1) is 6.21 Å². The molecule has 0 unspecified atom stereocenters. The van der Waals surface area contributed by atoms with E-state index in [9.17, 15) is 22.0 Å². The summed E-state index contributed by atoms with van der Waals surface area (Å²) in [7, 11) is 0. The zero-order valence-electron chi connectivity index (χ0n) is 9.80. The average molecular weight is 286 g/mol. The Bertz CT molecular complexity index is 627. The zero-order valence-corrected chi connectivity index (χ0v) is 9.80. The van der Waals surface area contributed by atoms with Crippen molar-refractivity contribution >= 4 is 11.9 Å². The Hall–Kier alpha value is -2.44. The fourth-order valence-corrected chi connectivity index (χ4v) is 1.41. The van der Waals surface area contributed by atoms with Crippen molar-refractivity contribution in [3.63, 3.8) is 0 Å². The van der Waals surface area contributed by atoms with Crippen LogP contribution in [0.1, 0.15) is 5.56 Å². The Balaban J connectivity index is 2.29. The van der Waals surface area contributed by atoms with E-state index in [0.717, 1.165) is 0 Å². The number of halogens is 5. The molecule has 0 aliphatic carbocycles. The molecule has 0 fully saturated rings. The Morgan fingerprint density at radius 3 is 1.80 bits per heavy atom. The van der Waals surface area contributed by atoms with Crippen LogP contribution in [-0.2, 0) is 0 Å². The lowest BCUT2D eigenvalue weighted by Gasteiger charge is -2.06. The zero-order chi connectivity index (χ0) is 14.7. The van der Waals surface area contributed by atoms with Crippen molar-refractivity contribution in [2.75, 3.05) is 5.43 Å². The maximum Gasteiger partial charge on any atom is 0.200 e. The van der Waals surface area contributed by atoms with E-state index in [4.69, 9.17) is 0 Å². The highest BCUT2D eigenvalue weighted by molar-refractivity contribution is 5.80. The van der Waals surface area contributed by atoms with Gasteiger partial charge in [-0.05, 0) is 5.56 Å². The summed E-state index contributed by atoms with van der Waals surface area (Å²) in [5.41, 5.74) is 1.20. The van der Waals surface area contributed by atoms with E-state index in [2.05, 4.69) is 5.10 Å². The van der Waals surface area contributed by atoms with E-state index in [-0.39, 0.29) is 0 Å². The first-order chi connectivity index (χ1) is 9.52. The minimum absolute atomic E-state index is 0.587. The fraction of sp³-hybridized carbons (Fsp3) is 0. The smallest absolute Gasteiger partial charge is 0.200 e. The van der Waals surface area contributed by atoms with Gasteiger partial charge in [-0.25, -0.2) is 22.0 Å². The molecule has 2 aromatic carbocycles. The molecular formula is C13H7F5N2. The molecule has 0 aromatic heterocycles. The first kappa shape index (κ1) is 14.0. The summed E-state index contributed by atoms with van der Waals surface area (Å²) < 4.78 is 65.1. The molecule has 7 heteroatoms. The molecule has 2 rings (SSSR count). The molecule has 1 N–H and O–H groups in total. The van der Waals surface area contributed by atoms with Crippen LogP contribution in [0.5, 0.6) is 0 Å². The summed E-state index contributed by atoms with van der Waals surface area (Å²) in [6, 6.07) is 8.42. The lowest BCUT2D eigenvalue weighted by molar-refractivity contribution is 0.381. The van der Waals surface area contributed by atoms with Gasteiger partial charge in [0.2, 0.25) is 5.82 Å². The van der Waals surface area contributed by atoms with Crippen molar-refractivity contribution in [2.24, 2.45) is 5.10 Å². The van der Waals surface area contributed by atoms with E-state index in [1.54, 1.807) is 30.3 Å². The summed E-state index contributed by atoms with van der Waals surface area (Å²) in [4.78, 5) is 0. The molecule has 0 aliphatic rings. The van der Waals surface area contributed by atoms with Crippen LogP contribution in [0.3, 0.4) is 0 Å². The predicted octanol–water partition coefficient (Wildman–Crippen LogP) is 3.83. The molecule has 0 amide bonds. The third kappa shape index (κ3) is 2.61. The second-order valence-electron chi connectivity index (χ2n) is 3.73. The van der Waals surface area contributed by atoms with Crippen LogP contribution in [0.2, 0.25) is 0 Å². The standard InChI is InChI=1S/C13H7F5N2/c14-8-9(15)11(17)13(12(18)10(8)16)20-19-6-7-4-2-1-3-5-7/h1-6,20H. The van der Waals surface area contributed by atoms with Crippen LogP contribution in [0.4, 0.5) is 27.6 Å². The highest BCUT2D eigenvalue weighted by Gasteiger charge is 2.25. The van der Waals surface area contributed by atoms with Gasteiger partial charge in [0.25, 0.3) is 0 Å². The van der Waals surface area contributed by atoms with Gasteiger partial charge >= 0.3 is 0 Å². The van der Waals surface area contributed by atoms with Crippen molar-refractivity contribution < 1.29 is 22.0 Å². The van der Waals surface area contributed by atoms with Crippen molar-refractivity contribution in [3.8, 4) is 0 Å². The summed E-state index contributed by atoms with van der Waals surface area (Å²) in [6.45, 7) is 0. The van der Waals surface area contributed by atoms with Gasteiger partial charge in [-0.3, -0.25) is 5.43 Å². The first-order valence-corrected chi connectivity index (χ1v) is 5.38. The van der Waals surface area contributed by atoms with Crippen molar-refractivity contribution in [3.05, 3.63) is 65.0 Å². The van der Waals surface area contributed by atoms with Crippen LogP contribution < -0.4 is 5.43 Å². The van der Waals surface area contributed by atoms with Gasteiger partial charge in [-0.2, -0.15) is 5.10 Å². The van der Waals surface area contributed by atoms with Crippen LogP contribution >= 0.6 is 0 Å². The molecule has 0 radical (unpaired) electrons. The minimum Gasteiger partial charge on any atom is -0.272 e. The van der Waals surface area contributed by atoms with Crippen LogP contribution in [0.25, 0.3) is 0 Å². The number of nitrogens with one attached hydrogen (secondary N) is 1. The SMILES string of the molecule is Fc1c(F)c(F)c(NN=Cc2ccccc2)c(F)c1F. The highest BCUT2D eigenvalue weighted by atomic mass is 19.2. The van der Waals surface area contributed by atoms with Gasteiger partial charge in [0.15, 0.2) is 23.3 Å². The van der Waals surface area contributed by atoms with Gasteiger partial charge < -0.3 is 0 Å². The molecule has 2 aromatic rings. The number of rotatable bonds is 3. The number of nitrogens with zero attached hydrogens (tertiary/aromatic N) is 1. The Labute approximate surface area is 110 Å². The fourth-order valence-electron chi connectivity index (χ4n) is 1.41. The van der Waals surface area contributed by atoms with E-state index in [0.29, 0.717) is 5.56 Å². The Kier molecular flexibility index (Phi) is 3.97. The van der Waals surface area contributed by atoms with Crippen molar-refractivity contribution in [1.29, 1.82) is 0 Å². The van der Waals surface area contributed by atoms with Crippen LogP contribution in [0.15, 0.2) is 35.4 Å². The second-order valence-corrected chi connectivity index (χ2v) is 3.73. The molecular weight excluding hydrogens is 279 g/mol. The maximum absolute atomic E-state index is 13.3. The highest BCUT2D eigenvalue weighted by Crippen LogP contribution is 2.26. The summed E-state index contributed by atoms with van der Waals surface area (Å²) in [5.74, 6) is -10.2. The van der Waals surface area contributed by atoms with Gasteiger partial charge in [0, 0.05) is 0 Å².